The van der Waals surface area contributed by atoms with Crippen molar-refractivity contribution < 1.29 is 20.6 Å². The van der Waals surface area contributed by atoms with Crippen LogP contribution in [0.2, 0.25) is 0 Å². The predicted molar refractivity (Wildman–Crippen MR) is 179 cm³/mol. The van der Waals surface area contributed by atoms with Gasteiger partial charge in [0.1, 0.15) is 0 Å². The van der Waals surface area contributed by atoms with Crippen LogP contribution in [0, 0.1) is 11.3 Å². The van der Waals surface area contributed by atoms with Gasteiger partial charge >= 0.3 is 0 Å². The van der Waals surface area contributed by atoms with E-state index in [2.05, 4.69) is 0 Å². The number of benzene rings is 5. The summed E-state index contributed by atoms with van der Waals surface area (Å²) in [5.41, 5.74) is 1.72. The van der Waals surface area contributed by atoms with Crippen molar-refractivity contribution in [2.45, 2.75) is 27.2 Å². The number of fused-ring (bicyclic) bond motifs is 6. The number of hydrogen-bond donors (Lipinski definition) is 0. The summed E-state index contributed by atoms with van der Waals surface area (Å²) in [4.78, 5) is 0. The Balaban J connectivity index is 1.41. The molecule has 0 N–H and O–H groups in total. The Bertz CT molecular complexity index is 2890. The summed E-state index contributed by atoms with van der Waals surface area (Å²) in [6.45, 7) is 5.63. The molecule has 7 aromatic rings. The quantitative estimate of drug-likeness (QED) is 0.204. The molecule has 0 amide bonds. The molecule has 0 saturated carbocycles. The summed E-state index contributed by atoms with van der Waals surface area (Å²) in [6, 6.07) is 8.06. The van der Waals surface area contributed by atoms with Crippen LogP contribution < -0.4 is 0 Å². The van der Waals surface area contributed by atoms with Crippen LogP contribution in [0.1, 0.15) is 52.6 Å². The van der Waals surface area contributed by atoms with Crippen molar-refractivity contribution in [2.75, 3.05) is 0 Å². The van der Waals surface area contributed by atoms with Gasteiger partial charge in [-0.1, -0.05) is 105 Å². The molecule has 5 aromatic carbocycles. The van der Waals surface area contributed by atoms with Crippen molar-refractivity contribution in [1.82, 2.24) is 9.13 Å². The molecule has 2 heteroatoms. The first kappa shape index (κ1) is 13.9. The Morgan fingerprint density at radius 1 is 0.667 bits per heavy atom. The smallest absolute Gasteiger partial charge is 0.0645 e. The van der Waals surface area contributed by atoms with E-state index in [1.54, 1.807) is 48.5 Å². The van der Waals surface area contributed by atoms with E-state index in [0.717, 1.165) is 0 Å². The first-order chi connectivity index (χ1) is 26.7. The van der Waals surface area contributed by atoms with Crippen molar-refractivity contribution in [3.05, 3.63) is 138 Å². The fraction of sp³-hybridized carbons (Fsp3) is 0.150. The van der Waals surface area contributed by atoms with E-state index in [1.165, 1.54) is 9.13 Å². The minimum atomic E-state index is -1.11. The Morgan fingerprint density at radius 3 is 1.74 bits per heavy atom. The van der Waals surface area contributed by atoms with Crippen LogP contribution in [0.3, 0.4) is 0 Å². The molecule has 0 bridgehead atoms. The fourth-order valence-electron chi connectivity index (χ4n) is 5.71. The highest BCUT2D eigenvalue weighted by Gasteiger charge is 2.29. The minimum Gasteiger partial charge on any atom is -0.310 e. The second-order valence-corrected chi connectivity index (χ2v) is 11.5. The lowest BCUT2D eigenvalue weighted by atomic mass is 9.75. The van der Waals surface area contributed by atoms with E-state index < -0.39 is 78.2 Å². The highest BCUT2D eigenvalue weighted by Crippen LogP contribution is 2.41. The van der Waals surface area contributed by atoms with Crippen molar-refractivity contribution in [1.29, 1.82) is 0 Å². The van der Waals surface area contributed by atoms with Gasteiger partial charge in [0.05, 0.1) is 35.7 Å². The van der Waals surface area contributed by atoms with Gasteiger partial charge in [0.2, 0.25) is 0 Å². The van der Waals surface area contributed by atoms with Crippen LogP contribution >= 0.6 is 0 Å². The average molecular weight is 558 g/mol. The molecule has 0 spiro atoms. The molecule has 0 fully saturated rings. The summed E-state index contributed by atoms with van der Waals surface area (Å²) in [5.74, 6) is -0.728. The zero-order valence-electron chi connectivity index (χ0n) is 38.2. The van der Waals surface area contributed by atoms with Crippen LogP contribution in [0.25, 0.3) is 61.3 Å². The van der Waals surface area contributed by atoms with Gasteiger partial charge in [-0.15, -0.1) is 0 Å². The van der Waals surface area contributed by atoms with Crippen LogP contribution in [0.5, 0.6) is 0 Å². The van der Waals surface area contributed by atoms with Gasteiger partial charge < -0.3 is 9.13 Å². The molecule has 1 aliphatic carbocycles. The molecular weight excluding hydrogens is 508 g/mol. The molecule has 0 saturated heterocycles. The lowest BCUT2D eigenvalue weighted by Crippen LogP contribution is -2.22. The molecule has 42 heavy (non-hydrogen) atoms. The summed E-state index contributed by atoms with van der Waals surface area (Å²) in [7, 11) is 0. The molecule has 204 valence electrons. The molecule has 0 radical (unpaired) electrons. The predicted octanol–water partition coefficient (Wildman–Crippen LogP) is 10.6. The van der Waals surface area contributed by atoms with Crippen molar-refractivity contribution in [3.8, 4) is 22.5 Å². The number of rotatable bonds is 3. The molecule has 1 aliphatic rings. The van der Waals surface area contributed by atoms with E-state index in [0.29, 0.717) is 22.5 Å². The summed E-state index contributed by atoms with van der Waals surface area (Å²) >= 11 is 0. The van der Waals surface area contributed by atoms with Gasteiger partial charge in [-0.05, 0) is 82.9 Å². The van der Waals surface area contributed by atoms with Crippen LogP contribution in [-0.2, 0) is 6.40 Å². The first-order valence-corrected chi connectivity index (χ1v) is 13.7. The zero-order chi connectivity index (χ0) is 41.5. The van der Waals surface area contributed by atoms with E-state index >= 15 is 0 Å². The maximum Gasteiger partial charge on any atom is 0.0645 e. The van der Waals surface area contributed by atoms with E-state index in [1.807, 2.05) is 20.8 Å². The number of hydrogen-bond acceptors (Lipinski definition) is 0. The molecular formula is C40H34N2. The fourth-order valence-corrected chi connectivity index (χ4v) is 5.71. The lowest BCUT2D eigenvalue weighted by molar-refractivity contribution is 0.291. The van der Waals surface area contributed by atoms with Gasteiger partial charge in [-0.3, -0.25) is 0 Å². The highest BCUT2D eigenvalue weighted by molar-refractivity contribution is 6.09. The van der Waals surface area contributed by atoms with E-state index in [-0.39, 0.29) is 68.2 Å². The summed E-state index contributed by atoms with van der Waals surface area (Å²) < 4.78 is 135. The number of nitrogens with zero attached hydrogens (tertiary/aromatic N) is 2. The van der Waals surface area contributed by atoms with Crippen LogP contribution in [-0.4, -0.2) is 9.13 Å². The van der Waals surface area contributed by atoms with Gasteiger partial charge in [-0.2, -0.15) is 0 Å². The summed E-state index contributed by atoms with van der Waals surface area (Å²) in [6.07, 6.45) is -1.11. The van der Waals surface area contributed by atoms with Gasteiger partial charge in [0, 0.05) is 34.6 Å². The molecule has 2 atom stereocenters. The van der Waals surface area contributed by atoms with Crippen LogP contribution in [0.4, 0.5) is 0 Å². The Hall–Kier alpha value is -4.82. The number of allylic oxidation sites excluding steroid dienone is 1. The molecule has 0 aliphatic heterocycles. The van der Waals surface area contributed by atoms with E-state index in [9.17, 15) is 2.74 Å². The topological polar surface area (TPSA) is 9.86 Å². The Morgan fingerprint density at radius 2 is 1.17 bits per heavy atom. The molecule has 2 nitrogen and oxygen atoms in total. The number of aromatic nitrogens is 2. The third-order valence-electron chi connectivity index (χ3n) is 7.83. The van der Waals surface area contributed by atoms with Crippen LogP contribution in [0.15, 0.2) is 127 Å². The average Bonchev–Trinajstić information content (AvgIpc) is 3.73. The molecule has 2 unspecified atom stereocenters. The number of para-hydroxylation sites is 3. The lowest BCUT2D eigenvalue weighted by Gasteiger charge is -2.30. The SMILES string of the molecule is [2H]C1=C([2H])C(C(C)(C)C)C([2H])c2c1n(-c1cccc(-c3cccc(-n4c5c([2H])c([2H])c([2H])c([2H])c5c5c([2H])c([2H])c([2H])c([2H])c54)c3)c1)c1c([2H])c([2H])c([2H])c([2H])c21. The van der Waals surface area contributed by atoms with Gasteiger partial charge in [0.15, 0.2) is 0 Å². The molecule has 8 rings (SSSR count). The van der Waals surface area contributed by atoms with Crippen molar-refractivity contribution in [3.63, 3.8) is 0 Å². The monoisotopic (exact) mass is 557 g/mol. The second-order valence-electron chi connectivity index (χ2n) is 11.5. The molecule has 2 aromatic heterocycles. The first-order valence-electron chi connectivity index (χ1n) is 21.3. The minimum absolute atomic E-state index is 0.0204. The Kier molecular flexibility index (Phi) is 3.10. The Labute approximate surface area is 268 Å². The molecule has 2 heterocycles. The third kappa shape index (κ3) is 3.86. The normalized spacial score (nSPS) is 22.3. The van der Waals surface area contributed by atoms with Crippen molar-refractivity contribution in [2.24, 2.45) is 11.3 Å². The highest BCUT2D eigenvalue weighted by atomic mass is 15.0. The van der Waals surface area contributed by atoms with Gasteiger partial charge in [-0.25, -0.2) is 0 Å². The standard InChI is InChI=1S/C40H34N2/c1-40(2,3)29-22-23-39-35(26-29)34-18-6-9-21-38(34)42(39)31-15-11-13-28(25-31)27-12-10-14-30(24-27)41-36-19-7-4-16-32(36)33-17-5-8-20-37(33)41/h4-25,29H,26H2,1-3H3/i4D,5D,6D,7D,8D,9D,16D,17D,18D,19D,20D,21D,22D,23D,26D. The zero-order valence-corrected chi connectivity index (χ0v) is 23.2. The second kappa shape index (κ2) is 9.36. The maximum atomic E-state index is 9.43. The largest absolute Gasteiger partial charge is 0.310 e. The van der Waals surface area contributed by atoms with Gasteiger partial charge in [0.25, 0.3) is 0 Å². The third-order valence-corrected chi connectivity index (χ3v) is 7.83. The summed E-state index contributed by atoms with van der Waals surface area (Å²) in [5, 5.41) is 0.0349. The van der Waals surface area contributed by atoms with Crippen molar-refractivity contribution >= 4 is 38.8 Å². The maximum absolute atomic E-state index is 9.43. The van der Waals surface area contributed by atoms with E-state index in [4.69, 9.17) is 17.8 Å².